The van der Waals surface area contributed by atoms with Crippen molar-refractivity contribution >= 4 is 22.4 Å². The third-order valence-corrected chi connectivity index (χ3v) is 5.60. The van der Waals surface area contributed by atoms with E-state index < -0.39 is 11.7 Å². The highest BCUT2D eigenvalue weighted by molar-refractivity contribution is 7.13. The maximum absolute atomic E-state index is 14.0. The topological polar surface area (TPSA) is 30.7 Å². The van der Waals surface area contributed by atoms with Gasteiger partial charge in [0, 0.05) is 5.92 Å². The van der Waals surface area contributed by atoms with E-state index in [1.165, 1.54) is 11.3 Å². The van der Waals surface area contributed by atoms with Crippen LogP contribution in [0.2, 0.25) is 0 Å². The van der Waals surface area contributed by atoms with E-state index in [9.17, 15) is 13.2 Å². The zero-order valence-corrected chi connectivity index (χ0v) is 14.9. The highest BCUT2D eigenvalue weighted by Gasteiger charge is 2.39. The Bertz CT molecular complexity index is 1110. The predicted octanol–water partition coefficient (Wildman–Crippen LogP) is 6.05. The fraction of sp³-hybridized carbons (Fsp3) is 0.200. The first kappa shape index (κ1) is 16.5. The van der Waals surface area contributed by atoms with Crippen molar-refractivity contribution in [2.45, 2.75) is 24.9 Å². The van der Waals surface area contributed by atoms with E-state index in [1.807, 2.05) is 41.8 Å². The van der Waals surface area contributed by atoms with Gasteiger partial charge in [-0.2, -0.15) is 18.3 Å². The van der Waals surface area contributed by atoms with Gasteiger partial charge in [-0.15, -0.1) is 11.3 Å². The molecule has 136 valence electrons. The summed E-state index contributed by atoms with van der Waals surface area (Å²) in [5.41, 5.74) is 1.15. The molecule has 0 bridgehead atoms. The molecule has 1 aliphatic rings. The van der Waals surface area contributed by atoms with Crippen LogP contribution >= 0.6 is 11.3 Å². The van der Waals surface area contributed by atoms with Crippen LogP contribution in [0.5, 0.6) is 0 Å². The number of halogens is 3. The number of pyridine rings is 1. The van der Waals surface area contributed by atoms with E-state index in [0.717, 1.165) is 18.9 Å². The lowest BCUT2D eigenvalue weighted by atomic mass is 10.1. The molecular weight excluding hydrogens is 371 g/mol. The van der Waals surface area contributed by atoms with E-state index >= 15 is 0 Å². The second-order valence-electron chi connectivity index (χ2n) is 6.64. The molecule has 4 aromatic rings. The van der Waals surface area contributed by atoms with Gasteiger partial charge in [0.15, 0.2) is 5.65 Å². The number of para-hydroxylation sites is 1. The SMILES string of the molecule is FC(F)(F)c1cc(-c2cccs2)nc2c1c(C1CC1)nn2-c1ccccc1. The summed E-state index contributed by atoms with van der Waals surface area (Å²) in [6.07, 6.45) is -2.74. The first-order valence-electron chi connectivity index (χ1n) is 8.62. The van der Waals surface area contributed by atoms with E-state index in [-0.39, 0.29) is 17.0 Å². The van der Waals surface area contributed by atoms with Gasteiger partial charge in [-0.25, -0.2) is 9.67 Å². The van der Waals surface area contributed by atoms with Crippen LogP contribution in [0.1, 0.15) is 30.0 Å². The standard InChI is InChI=1S/C20H14F3N3S/c21-20(22,23)14-11-15(16-7-4-10-27-16)24-19-17(14)18(12-8-9-12)25-26(19)13-5-2-1-3-6-13/h1-7,10-12H,8-9H2. The maximum atomic E-state index is 14.0. The predicted molar refractivity (Wildman–Crippen MR) is 99.2 cm³/mol. The smallest absolute Gasteiger partial charge is 0.227 e. The molecule has 3 aromatic heterocycles. The van der Waals surface area contributed by atoms with Crippen molar-refractivity contribution in [3.05, 3.63) is 65.2 Å². The molecule has 1 fully saturated rings. The summed E-state index contributed by atoms with van der Waals surface area (Å²) in [5.74, 6) is 0.0768. The lowest BCUT2D eigenvalue weighted by molar-refractivity contribution is -0.136. The lowest BCUT2D eigenvalue weighted by Gasteiger charge is -2.11. The molecule has 0 atom stereocenters. The Balaban J connectivity index is 1.87. The monoisotopic (exact) mass is 385 g/mol. The summed E-state index contributed by atoms with van der Waals surface area (Å²) in [5, 5.41) is 6.54. The number of hydrogen-bond acceptors (Lipinski definition) is 3. The van der Waals surface area contributed by atoms with Gasteiger partial charge in [0.25, 0.3) is 0 Å². The summed E-state index contributed by atoms with van der Waals surface area (Å²) in [6, 6.07) is 14.0. The van der Waals surface area contributed by atoms with Gasteiger partial charge < -0.3 is 0 Å². The number of benzene rings is 1. The van der Waals surface area contributed by atoms with E-state index in [1.54, 1.807) is 10.7 Å². The lowest BCUT2D eigenvalue weighted by Crippen LogP contribution is -2.08. The molecule has 7 heteroatoms. The molecule has 27 heavy (non-hydrogen) atoms. The first-order valence-corrected chi connectivity index (χ1v) is 9.50. The molecule has 0 radical (unpaired) electrons. The number of aromatic nitrogens is 3. The largest absolute Gasteiger partial charge is 0.417 e. The van der Waals surface area contributed by atoms with Crippen LogP contribution in [0, 0.1) is 0 Å². The summed E-state index contributed by atoms with van der Waals surface area (Å²) in [4.78, 5) is 5.31. The van der Waals surface area contributed by atoms with Crippen LogP contribution < -0.4 is 0 Å². The summed E-state index contributed by atoms with van der Waals surface area (Å²) in [7, 11) is 0. The molecule has 0 saturated heterocycles. The van der Waals surface area contributed by atoms with Crippen LogP contribution in [0.15, 0.2) is 53.9 Å². The molecule has 1 saturated carbocycles. The van der Waals surface area contributed by atoms with Crippen molar-refractivity contribution in [1.82, 2.24) is 14.8 Å². The Morgan fingerprint density at radius 3 is 2.44 bits per heavy atom. The number of rotatable bonds is 3. The van der Waals surface area contributed by atoms with Gasteiger partial charge in [-0.1, -0.05) is 24.3 Å². The minimum Gasteiger partial charge on any atom is -0.227 e. The Morgan fingerprint density at radius 2 is 1.81 bits per heavy atom. The van der Waals surface area contributed by atoms with Crippen molar-refractivity contribution in [3.63, 3.8) is 0 Å². The average Bonchev–Trinajstić information content (AvgIpc) is 3.21. The van der Waals surface area contributed by atoms with Gasteiger partial charge >= 0.3 is 6.18 Å². The third kappa shape index (κ3) is 2.82. The highest BCUT2D eigenvalue weighted by Crippen LogP contribution is 2.47. The number of alkyl halides is 3. The molecule has 5 rings (SSSR count). The zero-order chi connectivity index (χ0) is 18.6. The maximum Gasteiger partial charge on any atom is 0.417 e. The Hall–Kier alpha value is -2.67. The van der Waals surface area contributed by atoms with Crippen LogP contribution in [-0.4, -0.2) is 14.8 Å². The first-order chi connectivity index (χ1) is 13.0. The summed E-state index contributed by atoms with van der Waals surface area (Å²) < 4.78 is 43.4. The number of nitrogens with zero attached hydrogens (tertiary/aromatic N) is 3. The Labute approximate surface area is 157 Å². The average molecular weight is 385 g/mol. The molecule has 3 nitrogen and oxygen atoms in total. The van der Waals surface area contributed by atoms with Gasteiger partial charge in [0.1, 0.15) is 0 Å². The zero-order valence-electron chi connectivity index (χ0n) is 14.1. The van der Waals surface area contributed by atoms with Crippen molar-refractivity contribution < 1.29 is 13.2 Å². The second kappa shape index (κ2) is 5.92. The van der Waals surface area contributed by atoms with Crippen LogP contribution in [0.4, 0.5) is 13.2 Å². The van der Waals surface area contributed by atoms with Crippen LogP contribution in [-0.2, 0) is 6.18 Å². The molecule has 0 amide bonds. The fourth-order valence-electron chi connectivity index (χ4n) is 3.31. The van der Waals surface area contributed by atoms with E-state index in [0.29, 0.717) is 22.0 Å². The molecule has 3 heterocycles. The molecule has 0 spiro atoms. The van der Waals surface area contributed by atoms with Crippen molar-refractivity contribution in [2.75, 3.05) is 0 Å². The summed E-state index contributed by atoms with van der Waals surface area (Å²) in [6.45, 7) is 0. The minimum absolute atomic E-state index is 0.0768. The van der Waals surface area contributed by atoms with Crippen LogP contribution in [0.25, 0.3) is 27.3 Å². The normalized spacial score (nSPS) is 14.8. The van der Waals surface area contributed by atoms with E-state index in [4.69, 9.17) is 0 Å². The number of thiophene rings is 1. The van der Waals surface area contributed by atoms with Crippen molar-refractivity contribution in [2.24, 2.45) is 0 Å². The van der Waals surface area contributed by atoms with Crippen molar-refractivity contribution in [1.29, 1.82) is 0 Å². The highest BCUT2D eigenvalue weighted by atomic mass is 32.1. The number of fused-ring (bicyclic) bond motifs is 1. The molecule has 0 N–H and O–H groups in total. The molecule has 0 unspecified atom stereocenters. The molecule has 1 aromatic carbocycles. The van der Waals surface area contributed by atoms with Gasteiger partial charge in [0.05, 0.1) is 32.9 Å². The Kier molecular flexibility index (Phi) is 3.62. The molecular formula is C20H14F3N3S. The van der Waals surface area contributed by atoms with E-state index in [2.05, 4.69) is 10.1 Å². The third-order valence-electron chi connectivity index (χ3n) is 4.71. The molecule has 0 aliphatic heterocycles. The van der Waals surface area contributed by atoms with Crippen LogP contribution in [0.3, 0.4) is 0 Å². The second-order valence-corrected chi connectivity index (χ2v) is 7.58. The van der Waals surface area contributed by atoms with Gasteiger partial charge in [-0.3, -0.25) is 0 Å². The number of hydrogen-bond donors (Lipinski definition) is 0. The molecule has 1 aliphatic carbocycles. The van der Waals surface area contributed by atoms with Crippen molar-refractivity contribution in [3.8, 4) is 16.3 Å². The Morgan fingerprint density at radius 1 is 1.04 bits per heavy atom. The van der Waals surface area contributed by atoms with Gasteiger partial charge in [-0.05, 0) is 42.5 Å². The summed E-state index contributed by atoms with van der Waals surface area (Å²) >= 11 is 1.37. The minimum atomic E-state index is -4.47. The van der Waals surface area contributed by atoms with Gasteiger partial charge in [0.2, 0.25) is 0 Å². The quantitative estimate of drug-likeness (QED) is 0.430. The fourth-order valence-corrected chi connectivity index (χ4v) is 3.99.